The average molecular weight is 591 g/mol. The SMILES string of the molecule is CCC(C)C1[I-]C(C)(C)C2CC(CC(C)(C)CC)C(C)(CSI)C12C. The monoisotopic (exact) mass is 591 g/mol. The van der Waals surface area contributed by atoms with Crippen molar-refractivity contribution in [3.8, 4) is 0 Å². The zero-order chi connectivity index (χ0) is 19.3. The standard InChI is InChI=1S/C22H41I2S/c1-10-15(3)18-22(9)17(20(6,7)24-18)12-16(13-19(4,5)11-2)21(22,8)14-25-23/h15-18H,10-14H2,1-9H3/q-1. The van der Waals surface area contributed by atoms with Crippen LogP contribution in [-0.2, 0) is 0 Å². The summed E-state index contributed by atoms with van der Waals surface area (Å²) in [5.41, 5.74) is 1.53. The summed E-state index contributed by atoms with van der Waals surface area (Å²) in [5, 5.41) is 0. The van der Waals surface area contributed by atoms with E-state index in [1.165, 1.54) is 31.4 Å². The number of rotatable bonds is 7. The van der Waals surface area contributed by atoms with Crippen LogP contribution < -0.4 is 21.2 Å². The molecule has 1 aliphatic carbocycles. The number of fused-ring (bicyclic) bond motifs is 1. The van der Waals surface area contributed by atoms with Gasteiger partial charge in [-0.1, -0.05) is 0 Å². The van der Waals surface area contributed by atoms with Gasteiger partial charge in [0.05, 0.1) is 0 Å². The van der Waals surface area contributed by atoms with Crippen molar-refractivity contribution in [3.63, 3.8) is 0 Å². The molecule has 0 aromatic carbocycles. The summed E-state index contributed by atoms with van der Waals surface area (Å²) in [4.78, 5) is 0. The van der Waals surface area contributed by atoms with Crippen molar-refractivity contribution >= 4 is 30.1 Å². The summed E-state index contributed by atoms with van der Waals surface area (Å²) in [5.74, 6) is 4.09. The van der Waals surface area contributed by atoms with Gasteiger partial charge in [-0.2, -0.15) is 0 Å². The Morgan fingerprint density at radius 2 is 1.80 bits per heavy atom. The van der Waals surface area contributed by atoms with Crippen molar-refractivity contribution in [3.05, 3.63) is 0 Å². The van der Waals surface area contributed by atoms with Crippen LogP contribution in [0, 0.1) is 34.0 Å². The second-order valence-electron chi connectivity index (χ2n) is 10.6. The average Bonchev–Trinajstić information content (AvgIpc) is 2.87. The molecule has 6 unspecified atom stereocenters. The van der Waals surface area contributed by atoms with Gasteiger partial charge in [0.1, 0.15) is 0 Å². The van der Waals surface area contributed by atoms with Crippen LogP contribution in [0.2, 0.25) is 0 Å². The molecular weight excluding hydrogens is 550 g/mol. The van der Waals surface area contributed by atoms with Gasteiger partial charge in [-0.15, -0.1) is 0 Å². The number of hydrogen-bond donors (Lipinski definition) is 0. The summed E-state index contributed by atoms with van der Waals surface area (Å²) in [6, 6.07) is 0. The van der Waals surface area contributed by atoms with Gasteiger partial charge < -0.3 is 0 Å². The fourth-order valence-electron chi connectivity index (χ4n) is 6.03. The van der Waals surface area contributed by atoms with Crippen LogP contribution in [0.5, 0.6) is 0 Å². The van der Waals surface area contributed by atoms with Gasteiger partial charge >= 0.3 is 186 Å². The van der Waals surface area contributed by atoms with Crippen molar-refractivity contribution in [2.45, 2.75) is 95.3 Å². The van der Waals surface area contributed by atoms with E-state index >= 15 is 0 Å². The van der Waals surface area contributed by atoms with E-state index in [4.69, 9.17) is 0 Å². The van der Waals surface area contributed by atoms with E-state index in [1.54, 1.807) is 0 Å². The Morgan fingerprint density at radius 3 is 2.28 bits per heavy atom. The Bertz CT molecular complexity index is 475. The Kier molecular flexibility index (Phi) is 7.31. The summed E-state index contributed by atoms with van der Waals surface area (Å²) < 4.78 is 1.61. The molecule has 1 aliphatic heterocycles. The molecule has 0 spiro atoms. The Morgan fingerprint density at radius 1 is 1.20 bits per heavy atom. The van der Waals surface area contributed by atoms with Gasteiger partial charge in [0, 0.05) is 0 Å². The molecule has 3 heteroatoms. The predicted molar refractivity (Wildman–Crippen MR) is 120 cm³/mol. The zero-order valence-electron chi connectivity index (χ0n) is 18.0. The van der Waals surface area contributed by atoms with Crippen LogP contribution in [0.25, 0.3) is 0 Å². The third-order valence-electron chi connectivity index (χ3n) is 8.43. The summed E-state index contributed by atoms with van der Waals surface area (Å²) in [6.45, 7) is 23.1. The minimum absolute atomic E-state index is 0.258. The van der Waals surface area contributed by atoms with Gasteiger partial charge in [-0.25, -0.2) is 0 Å². The van der Waals surface area contributed by atoms with Crippen LogP contribution >= 0.6 is 30.1 Å². The molecule has 0 bridgehead atoms. The first-order valence-corrected chi connectivity index (χ1v) is 16.1. The van der Waals surface area contributed by atoms with Gasteiger partial charge in [-0.3, -0.25) is 0 Å². The van der Waals surface area contributed by atoms with E-state index in [0.29, 0.717) is 19.7 Å². The molecule has 0 N–H and O–H groups in total. The van der Waals surface area contributed by atoms with Crippen LogP contribution in [0.3, 0.4) is 0 Å². The first kappa shape index (κ1) is 23.1. The van der Waals surface area contributed by atoms with E-state index < -0.39 is 0 Å². The first-order valence-electron chi connectivity index (χ1n) is 10.3. The fraction of sp³-hybridized carbons (Fsp3) is 1.00. The maximum atomic E-state index is 2.74. The minimum atomic E-state index is 0.258. The summed E-state index contributed by atoms with van der Waals surface area (Å²) in [6.07, 6.45) is 5.59. The molecule has 2 rings (SSSR count). The normalized spacial score (nSPS) is 42.1. The molecule has 1 saturated heterocycles. The Balaban J connectivity index is 2.50. The molecule has 25 heavy (non-hydrogen) atoms. The maximum absolute atomic E-state index is 2.74. The van der Waals surface area contributed by atoms with Gasteiger partial charge in [-0.05, 0) is 0 Å². The van der Waals surface area contributed by atoms with Crippen molar-refractivity contribution in [2.75, 3.05) is 5.75 Å². The molecule has 1 heterocycles. The Labute approximate surface area is 185 Å². The van der Waals surface area contributed by atoms with Crippen molar-refractivity contribution in [1.29, 1.82) is 0 Å². The molecular formula is C22H41I2S-. The van der Waals surface area contributed by atoms with Gasteiger partial charge in [0.25, 0.3) is 0 Å². The molecule has 2 aliphatic rings. The first-order chi connectivity index (χ1) is 11.4. The molecule has 1 saturated carbocycles. The quantitative estimate of drug-likeness (QED) is 0.302. The third kappa shape index (κ3) is 3.83. The van der Waals surface area contributed by atoms with E-state index in [9.17, 15) is 0 Å². The van der Waals surface area contributed by atoms with Crippen molar-refractivity contribution in [2.24, 2.45) is 34.0 Å². The van der Waals surface area contributed by atoms with Gasteiger partial charge in [0.15, 0.2) is 0 Å². The van der Waals surface area contributed by atoms with E-state index in [-0.39, 0.29) is 21.2 Å². The van der Waals surface area contributed by atoms with E-state index in [1.807, 2.05) is 0 Å². The third-order valence-corrected chi connectivity index (χ3v) is 15.6. The molecule has 0 aromatic heterocycles. The van der Waals surface area contributed by atoms with Crippen LogP contribution in [0.1, 0.15) is 88.0 Å². The molecule has 0 aromatic rings. The van der Waals surface area contributed by atoms with Crippen molar-refractivity contribution in [1.82, 2.24) is 0 Å². The second kappa shape index (κ2) is 7.91. The zero-order valence-corrected chi connectivity index (χ0v) is 23.1. The molecule has 0 amide bonds. The van der Waals surface area contributed by atoms with Crippen LogP contribution in [0.15, 0.2) is 0 Å². The van der Waals surface area contributed by atoms with Crippen LogP contribution in [0.4, 0.5) is 0 Å². The number of hydrogen-bond acceptors (Lipinski definition) is 1. The number of alkyl halides is 2. The molecule has 150 valence electrons. The topological polar surface area (TPSA) is 0 Å². The van der Waals surface area contributed by atoms with Gasteiger partial charge in [0.2, 0.25) is 0 Å². The molecule has 0 radical (unpaired) electrons. The van der Waals surface area contributed by atoms with Crippen molar-refractivity contribution < 1.29 is 21.2 Å². The van der Waals surface area contributed by atoms with E-state index in [0.717, 1.165) is 21.7 Å². The summed E-state index contributed by atoms with van der Waals surface area (Å²) in [7, 11) is 2.09. The fourth-order valence-corrected chi connectivity index (χ4v) is 14.7. The van der Waals surface area contributed by atoms with Crippen LogP contribution in [-0.4, -0.2) is 13.1 Å². The predicted octanol–water partition coefficient (Wildman–Crippen LogP) is 4.84. The molecule has 6 atom stereocenters. The Hall–Kier alpha value is 1.81. The summed E-state index contributed by atoms with van der Waals surface area (Å²) >= 11 is 2.83. The number of halogens is 2. The van der Waals surface area contributed by atoms with E-state index in [2.05, 4.69) is 92.5 Å². The second-order valence-corrected chi connectivity index (χ2v) is 17.7. The molecule has 2 fully saturated rings. The molecule has 0 nitrogen and oxygen atoms in total.